The molecule has 11 aromatic rings. The number of rotatable bonds is 20. The molecule has 0 saturated carbocycles. The van der Waals surface area contributed by atoms with Gasteiger partial charge < -0.3 is 47.9 Å². The van der Waals surface area contributed by atoms with Crippen molar-refractivity contribution in [1.29, 1.82) is 0 Å². The molecule has 16 nitrogen and oxygen atoms in total. The minimum Gasteiger partial charge on any atom is -0.481 e. The zero-order valence-electron chi connectivity index (χ0n) is 50.9. The van der Waals surface area contributed by atoms with Crippen molar-refractivity contribution in [3.05, 3.63) is 193 Å². The summed E-state index contributed by atoms with van der Waals surface area (Å²) < 4.78 is 47.7. The molecule has 16 heteroatoms. The van der Waals surface area contributed by atoms with Crippen LogP contribution in [0.15, 0.2) is 170 Å². The van der Waals surface area contributed by atoms with Gasteiger partial charge in [0.05, 0.1) is 49.2 Å². The topological polar surface area (TPSA) is 199 Å². The molecular formula is C76H62N4O12. The highest BCUT2D eigenvalue weighted by atomic mass is 16.6. The quantitative estimate of drug-likeness (QED) is 0.0539. The smallest absolute Gasteiger partial charge is 0.344 e. The van der Waals surface area contributed by atoms with Gasteiger partial charge in [-0.05, 0) is 144 Å². The number of hydrogen-bond donors (Lipinski definition) is 2. The fraction of sp³-hybridized carbons (Fsp3) is 0.158. The van der Waals surface area contributed by atoms with Crippen LogP contribution in [0.4, 0.5) is 0 Å². The predicted molar refractivity (Wildman–Crippen MR) is 359 cm³/mol. The molecule has 2 aliphatic rings. The summed E-state index contributed by atoms with van der Waals surface area (Å²) in [5.74, 6) is -0.591. The number of esters is 4. The number of fused-ring (bicyclic) bond motifs is 12. The molecule has 8 bridgehead atoms. The summed E-state index contributed by atoms with van der Waals surface area (Å²) in [5.41, 5.74) is 9.46. The number of aromatic nitrogens is 4. The van der Waals surface area contributed by atoms with Gasteiger partial charge >= 0.3 is 23.9 Å². The summed E-state index contributed by atoms with van der Waals surface area (Å²) in [6, 6.07) is 54.9. The summed E-state index contributed by atoms with van der Waals surface area (Å²) in [6.07, 6.45) is 7.82. The predicted octanol–water partition coefficient (Wildman–Crippen LogP) is 15.7. The molecule has 0 saturated heterocycles. The number of nitrogens with zero attached hydrogens (tertiary/aromatic N) is 2. The van der Waals surface area contributed by atoms with Gasteiger partial charge in [-0.25, -0.2) is 29.1 Å². The van der Waals surface area contributed by atoms with Crippen molar-refractivity contribution in [1.82, 2.24) is 19.9 Å². The van der Waals surface area contributed by atoms with E-state index < -0.39 is 23.9 Å². The number of carbonyl (C=O) groups is 4. The number of carbonyl (C=O) groups excluding carboxylic acids is 4. The molecule has 3 aromatic heterocycles. The molecule has 0 aliphatic carbocycles. The van der Waals surface area contributed by atoms with E-state index in [2.05, 4.69) is 9.97 Å². The minimum absolute atomic E-state index is 0.170. The van der Waals surface area contributed by atoms with Gasteiger partial charge in [0.25, 0.3) is 0 Å². The van der Waals surface area contributed by atoms with Crippen LogP contribution in [0.2, 0.25) is 0 Å². The van der Waals surface area contributed by atoms with Crippen LogP contribution >= 0.6 is 0 Å². The Bertz CT molecular complexity index is 4390. The lowest BCUT2D eigenvalue weighted by molar-refractivity contribution is -0.146. The summed E-state index contributed by atoms with van der Waals surface area (Å²) in [7, 11) is 0. The molecule has 2 aliphatic heterocycles. The van der Waals surface area contributed by atoms with E-state index in [9.17, 15) is 19.2 Å². The van der Waals surface area contributed by atoms with E-state index in [0.29, 0.717) is 112 Å². The first kappa shape index (κ1) is 59.4. The third-order valence-electron chi connectivity index (χ3n) is 15.9. The standard InChI is InChI=1S/C76H62N4O12/c1-5-85-65(81)41-89-61-37-25-45-17-9-13-21-49(45)69(61)73-53-29-31-55(77-53)74(70-50-22-14-10-18-46(50)26-38-62(70)90-42-66(82)86-6-2)57-33-35-59(79-57)76(72-52-24-16-12-20-48(52)28-40-64(72)92-44-68(84)88-8-4)60-36-34-58(80-60)75(56-32-30-54(73)78-56)71-51-23-15-11-19-47(51)27-39-63(71)91-43-67(83)87-7-3/h9-40,77,80H,5-8,41-44H2,1-4H3. The lowest BCUT2D eigenvalue weighted by atomic mass is 9.95. The molecular weight excluding hydrogens is 1160 g/mol. The van der Waals surface area contributed by atoms with Crippen molar-refractivity contribution in [3.63, 3.8) is 0 Å². The van der Waals surface area contributed by atoms with Crippen molar-refractivity contribution in [2.75, 3.05) is 52.9 Å². The minimum atomic E-state index is -0.538. The van der Waals surface area contributed by atoms with Crippen molar-refractivity contribution < 1.29 is 57.1 Å². The fourth-order valence-corrected chi connectivity index (χ4v) is 12.1. The second kappa shape index (κ2) is 26.3. The lowest BCUT2D eigenvalue weighted by Crippen LogP contribution is -2.15. The Morgan fingerprint density at radius 3 is 0.750 bits per heavy atom. The summed E-state index contributed by atoms with van der Waals surface area (Å²) in [4.78, 5) is 72.0. The Hall–Kier alpha value is -11.5. The zero-order valence-corrected chi connectivity index (χ0v) is 50.9. The fourth-order valence-electron chi connectivity index (χ4n) is 12.1. The van der Waals surface area contributed by atoms with Crippen LogP contribution in [-0.2, 0) is 38.1 Å². The Morgan fingerprint density at radius 2 is 0.522 bits per heavy atom. The second-order valence-electron chi connectivity index (χ2n) is 21.5. The van der Waals surface area contributed by atoms with Gasteiger partial charge in [0, 0.05) is 66.6 Å². The summed E-state index contributed by atoms with van der Waals surface area (Å²) >= 11 is 0. The number of ether oxygens (including phenoxy) is 8. The third-order valence-corrected chi connectivity index (χ3v) is 15.9. The first-order valence-corrected chi connectivity index (χ1v) is 30.5. The maximum atomic E-state index is 13.2. The van der Waals surface area contributed by atoms with E-state index in [1.54, 1.807) is 27.7 Å². The second-order valence-corrected chi connectivity index (χ2v) is 21.5. The third kappa shape index (κ3) is 11.7. The zero-order chi connectivity index (χ0) is 63.2. The first-order valence-electron chi connectivity index (χ1n) is 30.5. The van der Waals surface area contributed by atoms with Gasteiger partial charge in [0.15, 0.2) is 26.4 Å². The van der Waals surface area contributed by atoms with E-state index in [1.165, 1.54) is 0 Å². The highest BCUT2D eigenvalue weighted by Crippen LogP contribution is 2.49. The summed E-state index contributed by atoms with van der Waals surface area (Å²) in [6.45, 7) is 6.17. The molecule has 0 unspecified atom stereocenters. The molecule has 8 aromatic carbocycles. The van der Waals surface area contributed by atoms with Crippen LogP contribution in [0.5, 0.6) is 23.0 Å². The van der Waals surface area contributed by atoms with Crippen LogP contribution < -0.4 is 18.9 Å². The van der Waals surface area contributed by atoms with Gasteiger partial charge in [-0.3, -0.25) is 0 Å². The Morgan fingerprint density at radius 1 is 0.293 bits per heavy atom. The van der Waals surface area contributed by atoms with Crippen molar-refractivity contribution in [2.24, 2.45) is 0 Å². The SMILES string of the molecule is CCOC(=O)COc1ccc2ccccc2c1-c1c2nc(c(-c3c(OCC(=O)OCC)ccc4ccccc34)c3ccc([nH]3)c(-c3c(OCC(=O)OCC)ccc4ccccc34)c3nc(c(-c4c(OCC(=O)OCC)ccc5ccccc45)c4ccc1[nH]4)C=C3)C=C2. The lowest BCUT2D eigenvalue weighted by Gasteiger charge is -2.17. The molecule has 0 amide bonds. The molecule has 92 heavy (non-hydrogen) atoms. The van der Waals surface area contributed by atoms with E-state index in [0.717, 1.165) is 43.1 Å². The van der Waals surface area contributed by atoms with Gasteiger partial charge in [0.2, 0.25) is 0 Å². The molecule has 0 radical (unpaired) electrons. The van der Waals surface area contributed by atoms with Gasteiger partial charge in [-0.2, -0.15) is 0 Å². The van der Waals surface area contributed by atoms with Crippen LogP contribution in [0.25, 0.3) is 134 Å². The van der Waals surface area contributed by atoms with E-state index in [-0.39, 0.29) is 52.9 Å². The van der Waals surface area contributed by atoms with Crippen LogP contribution in [-0.4, -0.2) is 96.7 Å². The van der Waals surface area contributed by atoms with Crippen molar-refractivity contribution in [2.45, 2.75) is 27.7 Å². The molecule has 5 heterocycles. The number of benzene rings is 8. The van der Waals surface area contributed by atoms with Gasteiger partial charge in [-0.15, -0.1) is 0 Å². The Labute approximate surface area is 528 Å². The largest absolute Gasteiger partial charge is 0.481 e. The normalized spacial score (nSPS) is 11.7. The molecule has 13 rings (SSSR count). The van der Waals surface area contributed by atoms with Crippen LogP contribution in [0.3, 0.4) is 0 Å². The molecule has 0 atom stereocenters. The monoisotopic (exact) mass is 1220 g/mol. The first-order chi connectivity index (χ1) is 45.1. The van der Waals surface area contributed by atoms with Gasteiger partial charge in [0.1, 0.15) is 23.0 Å². The highest BCUT2D eigenvalue weighted by Gasteiger charge is 2.28. The molecule has 2 N–H and O–H groups in total. The van der Waals surface area contributed by atoms with Crippen LogP contribution in [0.1, 0.15) is 50.5 Å². The average molecular weight is 1220 g/mol. The van der Waals surface area contributed by atoms with Crippen molar-refractivity contribution in [3.8, 4) is 67.5 Å². The number of aromatic amines is 2. The van der Waals surface area contributed by atoms with Crippen LogP contribution in [0, 0.1) is 0 Å². The van der Waals surface area contributed by atoms with Crippen molar-refractivity contribution >= 4 is 113 Å². The summed E-state index contributed by atoms with van der Waals surface area (Å²) in [5, 5.41) is 6.78. The number of H-pyrrole nitrogens is 2. The average Bonchev–Trinajstić information content (AvgIpc) is 1.54. The number of hydrogen-bond acceptors (Lipinski definition) is 14. The maximum Gasteiger partial charge on any atom is 0.344 e. The van der Waals surface area contributed by atoms with Gasteiger partial charge in [-0.1, -0.05) is 121 Å². The highest BCUT2D eigenvalue weighted by molar-refractivity contribution is 6.13. The molecule has 0 spiro atoms. The Kier molecular flexibility index (Phi) is 17.0. The van der Waals surface area contributed by atoms with E-state index >= 15 is 0 Å². The molecule has 0 fully saturated rings. The Balaban J connectivity index is 1.23. The maximum absolute atomic E-state index is 13.2. The van der Waals surface area contributed by atoms with E-state index in [4.69, 9.17) is 47.9 Å². The molecule has 458 valence electrons. The number of nitrogens with one attached hydrogen (secondary N) is 2. The van der Waals surface area contributed by atoms with E-state index in [1.807, 2.05) is 194 Å².